The van der Waals surface area contributed by atoms with Gasteiger partial charge < -0.3 is 9.88 Å². The van der Waals surface area contributed by atoms with Crippen molar-refractivity contribution in [1.29, 1.82) is 0 Å². The van der Waals surface area contributed by atoms with Crippen molar-refractivity contribution in [2.45, 2.75) is 56.5 Å². The van der Waals surface area contributed by atoms with Crippen LogP contribution in [0.5, 0.6) is 0 Å². The van der Waals surface area contributed by atoms with Crippen LogP contribution < -0.4 is 10.6 Å². The average molecular weight is 424 g/mol. The molecule has 1 aromatic carbocycles. The Bertz CT molecular complexity index is 794. The van der Waals surface area contributed by atoms with E-state index in [4.69, 9.17) is 11.6 Å². The summed E-state index contributed by atoms with van der Waals surface area (Å²) in [6, 6.07) is 6.93. The standard InChI is InChI=1S/C19H26ClN5O2S/c1-4-5-6-7-12-25-16(14-8-10-15(20)11-9-14)23-24-19(25)28-13(2)17(26)22-18(27)21-3/h8-11,13H,4-7,12H2,1-3H3,(H2,21,22,26,27)/t13-/m1/s1. The van der Waals surface area contributed by atoms with Gasteiger partial charge in [-0.1, -0.05) is 49.5 Å². The number of rotatable bonds is 9. The van der Waals surface area contributed by atoms with Gasteiger partial charge in [-0.15, -0.1) is 10.2 Å². The fourth-order valence-electron chi connectivity index (χ4n) is 2.57. The van der Waals surface area contributed by atoms with Gasteiger partial charge in [0, 0.05) is 24.2 Å². The van der Waals surface area contributed by atoms with Gasteiger partial charge in [0.15, 0.2) is 11.0 Å². The lowest BCUT2D eigenvalue weighted by atomic mass is 10.2. The third-order valence-corrected chi connectivity index (χ3v) is 5.50. The van der Waals surface area contributed by atoms with Crippen LogP contribution in [-0.2, 0) is 11.3 Å². The maximum Gasteiger partial charge on any atom is 0.321 e. The summed E-state index contributed by atoms with van der Waals surface area (Å²) in [5.41, 5.74) is 0.918. The first kappa shape index (κ1) is 22.2. The van der Waals surface area contributed by atoms with Crippen LogP contribution in [0.15, 0.2) is 29.4 Å². The Kier molecular flexibility index (Phi) is 8.79. The van der Waals surface area contributed by atoms with Crippen LogP contribution >= 0.6 is 23.4 Å². The Morgan fingerprint density at radius 1 is 1.18 bits per heavy atom. The lowest BCUT2D eigenvalue weighted by Crippen LogP contribution is -2.41. The smallest absolute Gasteiger partial charge is 0.321 e. The molecule has 3 amide bonds. The van der Waals surface area contributed by atoms with Crippen LogP contribution in [0.4, 0.5) is 4.79 Å². The second kappa shape index (κ2) is 11.1. The molecule has 0 aliphatic heterocycles. The molecule has 0 saturated heterocycles. The van der Waals surface area contributed by atoms with Gasteiger partial charge in [-0.25, -0.2) is 4.79 Å². The van der Waals surface area contributed by atoms with Gasteiger partial charge in [0.25, 0.3) is 0 Å². The predicted molar refractivity (Wildman–Crippen MR) is 113 cm³/mol. The first-order chi connectivity index (χ1) is 13.5. The molecule has 28 heavy (non-hydrogen) atoms. The summed E-state index contributed by atoms with van der Waals surface area (Å²) in [5.74, 6) is 0.368. The van der Waals surface area contributed by atoms with Gasteiger partial charge in [0.05, 0.1) is 5.25 Å². The molecule has 7 nitrogen and oxygen atoms in total. The molecule has 1 atom stereocenters. The number of nitrogens with zero attached hydrogens (tertiary/aromatic N) is 3. The van der Waals surface area contributed by atoms with E-state index in [1.165, 1.54) is 25.2 Å². The number of thioether (sulfide) groups is 1. The number of unbranched alkanes of at least 4 members (excludes halogenated alkanes) is 3. The molecule has 0 unspecified atom stereocenters. The van der Waals surface area contributed by atoms with Crippen molar-refractivity contribution in [3.8, 4) is 11.4 Å². The maximum absolute atomic E-state index is 12.2. The minimum Gasteiger partial charge on any atom is -0.341 e. The molecular weight excluding hydrogens is 398 g/mol. The number of carbonyl (C=O) groups is 2. The molecule has 1 aromatic heterocycles. The van der Waals surface area contributed by atoms with E-state index in [2.05, 4.69) is 27.8 Å². The lowest BCUT2D eigenvalue weighted by Gasteiger charge is -2.13. The van der Waals surface area contributed by atoms with Crippen molar-refractivity contribution in [2.24, 2.45) is 0 Å². The molecule has 1 heterocycles. The summed E-state index contributed by atoms with van der Waals surface area (Å²) >= 11 is 7.28. The summed E-state index contributed by atoms with van der Waals surface area (Å²) in [6.07, 6.45) is 4.45. The number of carbonyl (C=O) groups excluding carboxylic acids is 2. The van der Waals surface area contributed by atoms with Crippen LogP contribution in [0, 0.1) is 0 Å². The first-order valence-corrected chi connectivity index (χ1v) is 10.6. The van der Waals surface area contributed by atoms with Crippen LogP contribution in [0.1, 0.15) is 39.5 Å². The van der Waals surface area contributed by atoms with Crippen LogP contribution in [0.25, 0.3) is 11.4 Å². The molecule has 152 valence electrons. The van der Waals surface area contributed by atoms with Crippen molar-refractivity contribution in [2.75, 3.05) is 7.05 Å². The summed E-state index contributed by atoms with van der Waals surface area (Å²) in [7, 11) is 1.46. The molecule has 0 radical (unpaired) electrons. The van der Waals surface area contributed by atoms with Crippen LogP contribution in [0.2, 0.25) is 5.02 Å². The fourth-order valence-corrected chi connectivity index (χ4v) is 3.58. The van der Waals surface area contributed by atoms with Crippen molar-refractivity contribution >= 4 is 35.3 Å². The highest BCUT2D eigenvalue weighted by atomic mass is 35.5. The zero-order valence-electron chi connectivity index (χ0n) is 16.4. The summed E-state index contributed by atoms with van der Waals surface area (Å²) in [4.78, 5) is 23.5. The molecule has 2 aromatic rings. The number of urea groups is 1. The van der Waals surface area contributed by atoms with Gasteiger partial charge in [0.1, 0.15) is 0 Å². The predicted octanol–water partition coefficient (Wildman–Crippen LogP) is 4.12. The maximum atomic E-state index is 12.2. The highest BCUT2D eigenvalue weighted by molar-refractivity contribution is 8.00. The average Bonchev–Trinajstić information content (AvgIpc) is 3.08. The molecule has 0 fully saturated rings. The van der Waals surface area contributed by atoms with Gasteiger partial charge in [-0.3, -0.25) is 10.1 Å². The molecule has 0 aliphatic carbocycles. The Morgan fingerprint density at radius 2 is 1.89 bits per heavy atom. The molecule has 0 bridgehead atoms. The van der Waals surface area contributed by atoms with Gasteiger partial charge in [-0.2, -0.15) is 0 Å². The third-order valence-electron chi connectivity index (χ3n) is 4.17. The number of amides is 3. The molecule has 9 heteroatoms. The number of halogens is 1. The third kappa shape index (κ3) is 6.24. The normalized spacial score (nSPS) is 11.9. The zero-order valence-corrected chi connectivity index (χ0v) is 17.9. The monoisotopic (exact) mass is 423 g/mol. The Balaban J connectivity index is 2.21. The van der Waals surface area contributed by atoms with E-state index in [0.29, 0.717) is 10.2 Å². The quantitative estimate of drug-likeness (QED) is 0.468. The first-order valence-electron chi connectivity index (χ1n) is 9.34. The minimum absolute atomic E-state index is 0.377. The van der Waals surface area contributed by atoms with E-state index in [9.17, 15) is 9.59 Å². The van der Waals surface area contributed by atoms with Crippen molar-refractivity contribution < 1.29 is 9.59 Å². The Morgan fingerprint density at radius 3 is 2.54 bits per heavy atom. The largest absolute Gasteiger partial charge is 0.341 e. The Labute approximate surface area is 174 Å². The molecular formula is C19H26ClN5O2S. The second-order valence-electron chi connectivity index (χ2n) is 6.35. The summed E-state index contributed by atoms with van der Waals surface area (Å²) in [5, 5.41) is 14.1. The molecule has 0 spiro atoms. The van der Waals surface area contributed by atoms with Gasteiger partial charge in [-0.05, 0) is 37.6 Å². The summed E-state index contributed by atoms with van der Waals surface area (Å²) in [6.45, 7) is 4.67. The van der Waals surface area contributed by atoms with E-state index < -0.39 is 11.3 Å². The fraction of sp³-hybridized carbons (Fsp3) is 0.474. The van der Waals surface area contributed by atoms with Crippen molar-refractivity contribution in [3.05, 3.63) is 29.3 Å². The number of hydrogen-bond donors (Lipinski definition) is 2. The van der Waals surface area contributed by atoms with Crippen LogP contribution in [0.3, 0.4) is 0 Å². The van der Waals surface area contributed by atoms with Crippen LogP contribution in [-0.4, -0.2) is 39.0 Å². The van der Waals surface area contributed by atoms with Gasteiger partial charge >= 0.3 is 6.03 Å². The topological polar surface area (TPSA) is 88.9 Å². The zero-order chi connectivity index (χ0) is 20.5. The SMILES string of the molecule is CCCCCCn1c(S[C@H](C)C(=O)NC(=O)NC)nnc1-c1ccc(Cl)cc1. The van der Waals surface area contributed by atoms with Crippen molar-refractivity contribution in [1.82, 2.24) is 25.4 Å². The molecule has 0 aliphatic rings. The van der Waals surface area contributed by atoms with Gasteiger partial charge in [0.2, 0.25) is 5.91 Å². The highest BCUT2D eigenvalue weighted by Crippen LogP contribution is 2.28. The van der Waals surface area contributed by atoms with E-state index in [1.807, 2.05) is 28.8 Å². The number of nitrogens with one attached hydrogen (secondary N) is 2. The molecule has 2 rings (SSSR count). The number of aromatic nitrogens is 3. The number of benzene rings is 1. The van der Waals surface area contributed by atoms with E-state index in [1.54, 1.807) is 6.92 Å². The van der Waals surface area contributed by atoms with Crippen molar-refractivity contribution in [3.63, 3.8) is 0 Å². The summed E-state index contributed by atoms with van der Waals surface area (Å²) < 4.78 is 2.03. The van der Waals surface area contributed by atoms with E-state index in [0.717, 1.165) is 37.2 Å². The molecule has 0 saturated carbocycles. The number of imide groups is 1. The minimum atomic E-state index is -0.527. The Hall–Kier alpha value is -2.06. The molecule has 2 N–H and O–H groups in total. The van der Waals surface area contributed by atoms with E-state index >= 15 is 0 Å². The van der Waals surface area contributed by atoms with E-state index in [-0.39, 0.29) is 5.91 Å². The highest BCUT2D eigenvalue weighted by Gasteiger charge is 2.21. The second-order valence-corrected chi connectivity index (χ2v) is 8.10. The lowest BCUT2D eigenvalue weighted by molar-refractivity contribution is -0.119. The number of hydrogen-bond acceptors (Lipinski definition) is 5.